The van der Waals surface area contributed by atoms with Crippen molar-refractivity contribution in [2.45, 2.75) is 19.3 Å². The Kier molecular flexibility index (Phi) is 6.20. The molecule has 8 aromatic rings. The van der Waals surface area contributed by atoms with Crippen molar-refractivity contribution in [1.82, 2.24) is 4.57 Å². The van der Waals surface area contributed by atoms with Crippen molar-refractivity contribution < 1.29 is 0 Å². The molecule has 0 unspecified atom stereocenters. The molecule has 0 atom stereocenters. The summed E-state index contributed by atoms with van der Waals surface area (Å²) < 4.78 is 2.41. The zero-order valence-electron chi connectivity index (χ0n) is 26.6. The predicted molar refractivity (Wildman–Crippen MR) is 198 cm³/mol. The molecule has 2 heteroatoms. The molecule has 0 saturated carbocycles. The van der Waals surface area contributed by atoms with Crippen molar-refractivity contribution in [1.29, 1.82) is 0 Å². The topological polar surface area (TPSA) is 8.17 Å². The van der Waals surface area contributed by atoms with Crippen LogP contribution in [0.15, 0.2) is 170 Å². The number of rotatable bonds is 4. The summed E-state index contributed by atoms with van der Waals surface area (Å²) in [5, 5.41) is 2.52. The molecule has 0 radical (unpaired) electrons. The van der Waals surface area contributed by atoms with Gasteiger partial charge in [-0.1, -0.05) is 123 Å². The van der Waals surface area contributed by atoms with E-state index in [2.05, 4.69) is 193 Å². The Morgan fingerprint density at radius 3 is 1.83 bits per heavy atom. The standard InChI is InChI=1S/C45H34N2/c1-45(2)39-21-10-12-23-43(39)46(35-17-7-4-8-18-35)44-27-25-34(30-40(44)45)33-24-26-42-38(29-33)37-20-9-11-22-41(37)47(42)36-19-13-16-32(28-36)31-14-5-3-6-15-31/h3-30H,1-2H3. The van der Waals surface area contributed by atoms with Crippen LogP contribution in [0.3, 0.4) is 0 Å². The number of benzene rings is 7. The van der Waals surface area contributed by atoms with E-state index in [1.165, 1.54) is 77.9 Å². The Morgan fingerprint density at radius 1 is 0.383 bits per heavy atom. The molecule has 47 heavy (non-hydrogen) atoms. The van der Waals surface area contributed by atoms with Gasteiger partial charge in [0.05, 0.1) is 22.4 Å². The lowest BCUT2D eigenvalue weighted by atomic mass is 9.73. The lowest BCUT2D eigenvalue weighted by Crippen LogP contribution is -2.30. The number of nitrogens with zero attached hydrogens (tertiary/aromatic N) is 2. The maximum atomic E-state index is 2.42. The Bertz CT molecular complexity index is 2430. The van der Waals surface area contributed by atoms with E-state index < -0.39 is 0 Å². The van der Waals surface area contributed by atoms with Crippen LogP contribution < -0.4 is 4.90 Å². The summed E-state index contributed by atoms with van der Waals surface area (Å²) >= 11 is 0. The monoisotopic (exact) mass is 602 g/mol. The smallest absolute Gasteiger partial charge is 0.0541 e. The van der Waals surface area contributed by atoms with Crippen LogP contribution in [0.25, 0.3) is 49.7 Å². The van der Waals surface area contributed by atoms with E-state index in [1.54, 1.807) is 0 Å². The first-order valence-electron chi connectivity index (χ1n) is 16.4. The Hall–Kier alpha value is -5.86. The fourth-order valence-electron chi connectivity index (χ4n) is 7.62. The van der Waals surface area contributed by atoms with Gasteiger partial charge in [0.2, 0.25) is 0 Å². The fraction of sp³-hybridized carbons (Fsp3) is 0.0667. The van der Waals surface area contributed by atoms with Gasteiger partial charge in [0.25, 0.3) is 0 Å². The summed E-state index contributed by atoms with van der Waals surface area (Å²) in [6, 6.07) is 61.9. The average Bonchev–Trinajstić information content (AvgIpc) is 3.46. The zero-order valence-corrected chi connectivity index (χ0v) is 26.6. The van der Waals surface area contributed by atoms with Gasteiger partial charge in [-0.15, -0.1) is 0 Å². The largest absolute Gasteiger partial charge is 0.310 e. The Morgan fingerprint density at radius 2 is 0.979 bits per heavy atom. The molecule has 0 amide bonds. The Labute approximate surface area is 275 Å². The maximum Gasteiger partial charge on any atom is 0.0541 e. The molecule has 1 aliphatic heterocycles. The van der Waals surface area contributed by atoms with Gasteiger partial charge in [0.1, 0.15) is 0 Å². The quantitative estimate of drug-likeness (QED) is 0.195. The summed E-state index contributed by atoms with van der Waals surface area (Å²) in [6.07, 6.45) is 0. The minimum Gasteiger partial charge on any atom is -0.310 e. The summed E-state index contributed by atoms with van der Waals surface area (Å²) in [5.74, 6) is 0. The van der Waals surface area contributed by atoms with Gasteiger partial charge in [0.15, 0.2) is 0 Å². The minimum absolute atomic E-state index is 0.156. The van der Waals surface area contributed by atoms with E-state index in [4.69, 9.17) is 0 Å². The third kappa shape index (κ3) is 4.33. The van der Waals surface area contributed by atoms with Crippen LogP contribution in [-0.4, -0.2) is 4.57 Å². The molecule has 0 bridgehead atoms. The average molecular weight is 603 g/mol. The van der Waals surface area contributed by atoms with Crippen LogP contribution in [-0.2, 0) is 5.41 Å². The van der Waals surface area contributed by atoms with Crippen LogP contribution in [0.5, 0.6) is 0 Å². The molecular weight excluding hydrogens is 569 g/mol. The van der Waals surface area contributed by atoms with Crippen LogP contribution in [0, 0.1) is 0 Å². The highest BCUT2D eigenvalue weighted by Crippen LogP contribution is 2.52. The molecule has 1 aromatic heterocycles. The molecule has 1 aliphatic rings. The second-order valence-electron chi connectivity index (χ2n) is 13.0. The molecule has 0 N–H and O–H groups in total. The number of para-hydroxylation sites is 3. The van der Waals surface area contributed by atoms with Crippen LogP contribution in [0.2, 0.25) is 0 Å². The SMILES string of the molecule is CC1(C)c2ccccc2N(c2ccccc2)c2ccc(-c3ccc4c(c3)c3ccccc3n4-c3cccc(-c4ccccc4)c3)cc21. The molecule has 0 spiro atoms. The van der Waals surface area contributed by atoms with E-state index in [1.807, 2.05) is 0 Å². The van der Waals surface area contributed by atoms with Gasteiger partial charge >= 0.3 is 0 Å². The van der Waals surface area contributed by atoms with Gasteiger partial charge in [-0.3, -0.25) is 0 Å². The molecule has 9 rings (SSSR count). The molecule has 2 heterocycles. The normalized spacial score (nSPS) is 13.4. The van der Waals surface area contributed by atoms with E-state index in [9.17, 15) is 0 Å². The first-order chi connectivity index (χ1) is 23.1. The lowest BCUT2D eigenvalue weighted by Gasteiger charge is -2.42. The molecule has 0 aliphatic carbocycles. The van der Waals surface area contributed by atoms with Gasteiger partial charge in [-0.25, -0.2) is 0 Å². The minimum atomic E-state index is -0.156. The first-order valence-corrected chi connectivity index (χ1v) is 16.4. The molecule has 0 saturated heterocycles. The highest BCUT2D eigenvalue weighted by Gasteiger charge is 2.37. The van der Waals surface area contributed by atoms with E-state index in [0.29, 0.717) is 0 Å². The van der Waals surface area contributed by atoms with Crippen LogP contribution >= 0.6 is 0 Å². The van der Waals surface area contributed by atoms with Crippen molar-refractivity contribution in [3.63, 3.8) is 0 Å². The highest BCUT2D eigenvalue weighted by atomic mass is 15.2. The summed E-state index contributed by atoms with van der Waals surface area (Å²) in [6.45, 7) is 4.72. The van der Waals surface area contributed by atoms with Gasteiger partial charge in [-0.2, -0.15) is 0 Å². The third-order valence-electron chi connectivity index (χ3n) is 9.96. The molecule has 2 nitrogen and oxygen atoms in total. The van der Waals surface area contributed by atoms with Crippen molar-refractivity contribution in [2.75, 3.05) is 4.90 Å². The number of fused-ring (bicyclic) bond motifs is 5. The summed E-state index contributed by atoms with van der Waals surface area (Å²) in [5.41, 5.74) is 14.7. The Balaban J connectivity index is 1.20. The van der Waals surface area contributed by atoms with E-state index >= 15 is 0 Å². The number of hydrogen-bond donors (Lipinski definition) is 0. The van der Waals surface area contributed by atoms with Crippen molar-refractivity contribution in [2.24, 2.45) is 0 Å². The lowest BCUT2D eigenvalue weighted by molar-refractivity contribution is 0.632. The summed E-state index contributed by atoms with van der Waals surface area (Å²) in [4.78, 5) is 2.42. The van der Waals surface area contributed by atoms with Crippen LogP contribution in [0.4, 0.5) is 17.1 Å². The first kappa shape index (κ1) is 27.5. The molecule has 7 aromatic carbocycles. The number of aromatic nitrogens is 1. The molecular formula is C45H34N2. The van der Waals surface area contributed by atoms with Crippen LogP contribution in [0.1, 0.15) is 25.0 Å². The fourth-order valence-corrected chi connectivity index (χ4v) is 7.62. The van der Waals surface area contributed by atoms with Gasteiger partial charge < -0.3 is 9.47 Å². The maximum absolute atomic E-state index is 2.42. The van der Waals surface area contributed by atoms with Gasteiger partial charge in [0, 0.05) is 27.6 Å². The molecule has 224 valence electrons. The number of hydrogen-bond acceptors (Lipinski definition) is 1. The zero-order chi connectivity index (χ0) is 31.5. The second-order valence-corrected chi connectivity index (χ2v) is 13.0. The predicted octanol–water partition coefficient (Wildman–Crippen LogP) is 12.2. The highest BCUT2D eigenvalue weighted by molar-refractivity contribution is 6.10. The number of anilines is 3. The van der Waals surface area contributed by atoms with Crippen molar-refractivity contribution in [3.05, 3.63) is 181 Å². The third-order valence-corrected chi connectivity index (χ3v) is 9.96. The van der Waals surface area contributed by atoms with E-state index in [-0.39, 0.29) is 5.41 Å². The van der Waals surface area contributed by atoms with Gasteiger partial charge in [-0.05, 0) is 94.0 Å². The van der Waals surface area contributed by atoms with Crippen molar-refractivity contribution >= 4 is 38.9 Å². The second kappa shape index (κ2) is 10.6. The van der Waals surface area contributed by atoms with Crippen molar-refractivity contribution in [3.8, 4) is 27.9 Å². The molecule has 0 fully saturated rings. The van der Waals surface area contributed by atoms with E-state index in [0.717, 1.165) is 0 Å². The summed E-state index contributed by atoms with van der Waals surface area (Å²) in [7, 11) is 0.